The average molecular weight is 300 g/mol. The van der Waals surface area contributed by atoms with Gasteiger partial charge in [-0.25, -0.2) is 8.42 Å². The Hall–Kier alpha value is -2.32. The fourth-order valence-electron chi connectivity index (χ4n) is 1.99. The Kier molecular flexibility index (Phi) is 4.01. The Bertz CT molecular complexity index is 834. The van der Waals surface area contributed by atoms with Crippen LogP contribution >= 0.6 is 0 Å². The van der Waals surface area contributed by atoms with Crippen molar-refractivity contribution in [1.82, 2.24) is 0 Å². The molecule has 0 spiro atoms. The van der Waals surface area contributed by atoms with Crippen LogP contribution < -0.4 is 4.72 Å². The van der Waals surface area contributed by atoms with Crippen molar-refractivity contribution in [3.8, 4) is 6.07 Å². The number of hydrogen-bond acceptors (Lipinski definition) is 3. The van der Waals surface area contributed by atoms with Gasteiger partial charge in [0.25, 0.3) is 10.0 Å². The third kappa shape index (κ3) is 3.06. The van der Waals surface area contributed by atoms with Crippen molar-refractivity contribution in [2.75, 3.05) is 4.72 Å². The van der Waals surface area contributed by atoms with Crippen LogP contribution in [0.5, 0.6) is 0 Å². The van der Waals surface area contributed by atoms with E-state index >= 15 is 0 Å². The van der Waals surface area contributed by atoms with Crippen LogP contribution in [0.1, 0.15) is 22.3 Å². The van der Waals surface area contributed by atoms with Crippen molar-refractivity contribution < 1.29 is 8.42 Å². The van der Waals surface area contributed by atoms with Crippen LogP contribution in [-0.2, 0) is 10.0 Å². The molecule has 4 nitrogen and oxygen atoms in total. The van der Waals surface area contributed by atoms with Crippen LogP contribution in [0.25, 0.3) is 0 Å². The Labute approximate surface area is 125 Å². The molecular formula is C16H16N2O2S. The molecule has 0 aliphatic heterocycles. The highest BCUT2D eigenvalue weighted by Crippen LogP contribution is 2.23. The first kappa shape index (κ1) is 15.1. The van der Waals surface area contributed by atoms with Crippen LogP contribution in [0.2, 0.25) is 0 Å². The highest BCUT2D eigenvalue weighted by Gasteiger charge is 2.16. The van der Waals surface area contributed by atoms with Gasteiger partial charge in [-0.1, -0.05) is 12.1 Å². The van der Waals surface area contributed by atoms with Crippen molar-refractivity contribution >= 4 is 15.7 Å². The first-order valence-corrected chi connectivity index (χ1v) is 7.93. The maximum Gasteiger partial charge on any atom is 0.261 e. The van der Waals surface area contributed by atoms with Crippen molar-refractivity contribution in [3.05, 3.63) is 58.7 Å². The lowest BCUT2D eigenvalue weighted by molar-refractivity contribution is 0.601. The number of nitriles is 1. The summed E-state index contributed by atoms with van der Waals surface area (Å²) < 4.78 is 27.4. The van der Waals surface area contributed by atoms with Crippen molar-refractivity contribution in [2.24, 2.45) is 0 Å². The molecule has 0 bridgehead atoms. The summed E-state index contributed by atoms with van der Waals surface area (Å²) in [7, 11) is -3.66. The van der Waals surface area contributed by atoms with Crippen molar-refractivity contribution in [2.45, 2.75) is 25.7 Å². The highest BCUT2D eigenvalue weighted by atomic mass is 32.2. The van der Waals surface area contributed by atoms with Gasteiger partial charge in [-0.3, -0.25) is 4.72 Å². The molecule has 0 aromatic heterocycles. The van der Waals surface area contributed by atoms with E-state index in [9.17, 15) is 8.42 Å². The van der Waals surface area contributed by atoms with E-state index in [4.69, 9.17) is 5.26 Å². The molecule has 0 saturated heterocycles. The molecule has 0 atom stereocenters. The van der Waals surface area contributed by atoms with Crippen LogP contribution in [0.3, 0.4) is 0 Å². The van der Waals surface area contributed by atoms with Crippen molar-refractivity contribution in [1.29, 1.82) is 5.26 Å². The summed E-state index contributed by atoms with van der Waals surface area (Å²) in [5.74, 6) is 0. The van der Waals surface area contributed by atoms with Gasteiger partial charge < -0.3 is 0 Å². The maximum absolute atomic E-state index is 12.4. The van der Waals surface area contributed by atoms with Crippen molar-refractivity contribution in [3.63, 3.8) is 0 Å². The summed E-state index contributed by atoms with van der Waals surface area (Å²) in [6, 6.07) is 12.0. The molecule has 0 unspecified atom stereocenters. The topological polar surface area (TPSA) is 70.0 Å². The lowest BCUT2D eigenvalue weighted by atomic mass is 10.1. The molecule has 0 saturated carbocycles. The van der Waals surface area contributed by atoms with Gasteiger partial charge in [-0.15, -0.1) is 0 Å². The molecule has 0 amide bonds. The number of nitrogens with one attached hydrogen (secondary N) is 1. The van der Waals surface area contributed by atoms with Gasteiger partial charge in [0.15, 0.2) is 0 Å². The number of nitrogens with zero attached hydrogens (tertiary/aromatic N) is 1. The molecule has 2 aromatic carbocycles. The summed E-state index contributed by atoms with van der Waals surface area (Å²) in [4.78, 5) is 0.153. The summed E-state index contributed by atoms with van der Waals surface area (Å²) in [5.41, 5.74) is 3.59. The predicted octanol–water partition coefficient (Wildman–Crippen LogP) is 3.28. The Balaban J connectivity index is 2.41. The van der Waals surface area contributed by atoms with Gasteiger partial charge >= 0.3 is 0 Å². The summed E-state index contributed by atoms with van der Waals surface area (Å²) in [5, 5.41) is 8.90. The van der Waals surface area contributed by atoms with E-state index in [1.54, 1.807) is 13.0 Å². The summed E-state index contributed by atoms with van der Waals surface area (Å²) in [6.07, 6.45) is 0. The SMILES string of the molecule is Cc1cc(S(=O)(=O)Nc2cccc(C)c2C)ccc1C#N. The standard InChI is InChI=1S/C16H16N2O2S/c1-11-5-4-6-16(13(11)3)18-21(19,20)15-8-7-14(10-17)12(2)9-15/h4-9,18H,1-3H3. The zero-order chi connectivity index (χ0) is 15.6. The second-order valence-electron chi connectivity index (χ2n) is 4.94. The van der Waals surface area contributed by atoms with Gasteiger partial charge in [0.05, 0.1) is 22.2 Å². The minimum absolute atomic E-state index is 0.153. The molecule has 2 aromatic rings. The largest absolute Gasteiger partial charge is 0.279 e. The van der Waals surface area contributed by atoms with Crippen LogP contribution in [0.15, 0.2) is 41.3 Å². The molecule has 108 valence electrons. The Morgan fingerprint density at radius 1 is 1.05 bits per heavy atom. The molecule has 21 heavy (non-hydrogen) atoms. The van der Waals surface area contributed by atoms with E-state index < -0.39 is 10.0 Å². The Morgan fingerprint density at radius 3 is 2.38 bits per heavy atom. The van der Waals surface area contributed by atoms with E-state index in [1.807, 2.05) is 32.0 Å². The molecule has 2 rings (SSSR count). The lowest BCUT2D eigenvalue weighted by Crippen LogP contribution is -2.14. The number of hydrogen-bond donors (Lipinski definition) is 1. The number of anilines is 1. The minimum Gasteiger partial charge on any atom is -0.279 e. The summed E-state index contributed by atoms with van der Waals surface area (Å²) in [6.45, 7) is 5.52. The predicted molar refractivity (Wildman–Crippen MR) is 82.6 cm³/mol. The monoisotopic (exact) mass is 300 g/mol. The van der Waals surface area contributed by atoms with E-state index in [-0.39, 0.29) is 4.90 Å². The molecule has 1 N–H and O–H groups in total. The average Bonchev–Trinajstić information content (AvgIpc) is 2.43. The van der Waals surface area contributed by atoms with Crippen LogP contribution in [0.4, 0.5) is 5.69 Å². The maximum atomic E-state index is 12.4. The molecule has 0 aliphatic carbocycles. The second kappa shape index (κ2) is 5.58. The smallest absolute Gasteiger partial charge is 0.261 e. The van der Waals surface area contributed by atoms with Crippen LogP contribution in [-0.4, -0.2) is 8.42 Å². The first-order chi connectivity index (χ1) is 9.85. The molecular weight excluding hydrogens is 284 g/mol. The second-order valence-corrected chi connectivity index (χ2v) is 6.62. The van der Waals surface area contributed by atoms with Gasteiger partial charge in [-0.2, -0.15) is 5.26 Å². The molecule has 0 radical (unpaired) electrons. The molecule has 0 fully saturated rings. The zero-order valence-electron chi connectivity index (χ0n) is 12.1. The van der Waals surface area contributed by atoms with Gasteiger partial charge in [0.2, 0.25) is 0 Å². The number of sulfonamides is 1. The number of aryl methyl sites for hydroxylation is 2. The van der Waals surface area contributed by atoms with Gasteiger partial charge in [0.1, 0.15) is 0 Å². The minimum atomic E-state index is -3.66. The fourth-order valence-corrected chi connectivity index (χ4v) is 3.20. The molecule has 0 aliphatic rings. The third-order valence-electron chi connectivity index (χ3n) is 3.48. The fraction of sp³-hybridized carbons (Fsp3) is 0.188. The third-order valence-corrected chi connectivity index (χ3v) is 4.84. The van der Waals surface area contributed by atoms with Gasteiger partial charge in [-0.05, 0) is 61.7 Å². The lowest BCUT2D eigenvalue weighted by Gasteiger charge is -2.12. The Morgan fingerprint density at radius 2 is 1.76 bits per heavy atom. The number of rotatable bonds is 3. The molecule has 0 heterocycles. The van der Waals surface area contributed by atoms with E-state index in [2.05, 4.69) is 4.72 Å². The van der Waals surface area contributed by atoms with Gasteiger partial charge in [0, 0.05) is 0 Å². The highest BCUT2D eigenvalue weighted by molar-refractivity contribution is 7.92. The first-order valence-electron chi connectivity index (χ1n) is 6.45. The summed E-state index contributed by atoms with van der Waals surface area (Å²) >= 11 is 0. The van der Waals surface area contributed by atoms with E-state index in [0.717, 1.165) is 11.1 Å². The zero-order valence-corrected chi connectivity index (χ0v) is 13.0. The van der Waals surface area contributed by atoms with E-state index in [1.165, 1.54) is 18.2 Å². The number of benzene rings is 2. The molecule has 5 heteroatoms. The van der Waals surface area contributed by atoms with Crippen LogP contribution in [0, 0.1) is 32.1 Å². The quantitative estimate of drug-likeness (QED) is 0.945. The normalized spacial score (nSPS) is 11.0. The van der Waals surface area contributed by atoms with E-state index in [0.29, 0.717) is 16.8 Å².